The van der Waals surface area contributed by atoms with E-state index in [9.17, 15) is 9.65 Å². The van der Waals surface area contributed by atoms with Crippen LogP contribution in [-0.4, -0.2) is 17.3 Å². The lowest BCUT2D eigenvalue weighted by Gasteiger charge is -2.26. The normalized spacial score (nSPS) is 15.1. The molecule has 1 aromatic heterocycles. The number of methoxy groups -OCH3 is 1. The van der Waals surface area contributed by atoms with Crippen LogP contribution in [0.1, 0.15) is 28.3 Å². The monoisotopic (exact) mass is 440 g/mol. The minimum Gasteiger partial charge on any atom is -0.493 e. The summed E-state index contributed by atoms with van der Waals surface area (Å²) in [6, 6.07) is 11.8. The number of hydrogen-bond acceptors (Lipinski definition) is 6. The average molecular weight is 441 g/mol. The number of aromatic nitrogens is 2. The minimum absolute atomic E-state index is 0.0441. The Morgan fingerprint density at radius 3 is 2.81 bits per heavy atom. The number of rotatable bonds is 5. The maximum absolute atomic E-state index is 14.3. The van der Waals surface area contributed by atoms with Crippen LogP contribution in [0.4, 0.5) is 4.39 Å². The number of nitriles is 1. The number of ether oxygens (including phenoxy) is 3. The number of allylic oxidation sites excluding steroid dienone is 1. The standard InChI is InChI=1S/C22H18ClFN4O3/c1-11-18-19(13(9-25)21(26)31-22(18)28-27-11)12-5-3-8-17(29-2)20(12)30-10-14-15(23)6-4-7-16(14)24/h3-8,19H,10,26H2,1-2H3,(H,27,28)/t19-/m0/s1. The van der Waals surface area contributed by atoms with E-state index >= 15 is 0 Å². The summed E-state index contributed by atoms with van der Waals surface area (Å²) in [7, 11) is 1.50. The van der Waals surface area contributed by atoms with Crippen molar-refractivity contribution in [1.29, 1.82) is 5.26 Å². The van der Waals surface area contributed by atoms with Crippen molar-refractivity contribution in [3.05, 3.63) is 81.1 Å². The van der Waals surface area contributed by atoms with E-state index in [1.807, 2.05) is 6.92 Å². The summed E-state index contributed by atoms with van der Waals surface area (Å²) in [6.07, 6.45) is 0. The van der Waals surface area contributed by atoms with Gasteiger partial charge >= 0.3 is 0 Å². The van der Waals surface area contributed by atoms with Crippen molar-refractivity contribution in [2.24, 2.45) is 5.73 Å². The van der Waals surface area contributed by atoms with Gasteiger partial charge in [-0.25, -0.2) is 4.39 Å². The lowest BCUT2D eigenvalue weighted by atomic mass is 9.83. The number of aryl methyl sites for hydroxylation is 1. The van der Waals surface area contributed by atoms with Gasteiger partial charge in [-0.3, -0.25) is 5.10 Å². The summed E-state index contributed by atoms with van der Waals surface area (Å²) in [5.41, 5.74) is 8.40. The Hall–Kier alpha value is -3.70. The maximum Gasteiger partial charge on any atom is 0.244 e. The highest BCUT2D eigenvalue weighted by molar-refractivity contribution is 6.31. The SMILES string of the molecule is COc1cccc([C@H]2C(C#N)=C(N)Oc3n[nH]c(C)c32)c1OCc1c(F)cccc1Cl. The summed E-state index contributed by atoms with van der Waals surface area (Å²) < 4.78 is 31.3. The Morgan fingerprint density at radius 1 is 1.32 bits per heavy atom. The smallest absolute Gasteiger partial charge is 0.244 e. The molecule has 0 aliphatic carbocycles. The first-order chi connectivity index (χ1) is 15.0. The molecule has 0 amide bonds. The molecule has 0 saturated heterocycles. The van der Waals surface area contributed by atoms with Gasteiger partial charge in [-0.05, 0) is 25.1 Å². The van der Waals surface area contributed by atoms with Gasteiger partial charge in [0.2, 0.25) is 11.8 Å². The second-order valence-corrected chi connectivity index (χ2v) is 7.27. The summed E-state index contributed by atoms with van der Waals surface area (Å²) >= 11 is 6.15. The number of nitrogens with zero attached hydrogens (tertiary/aromatic N) is 2. The number of benzene rings is 2. The van der Waals surface area contributed by atoms with Crippen LogP contribution >= 0.6 is 11.6 Å². The quantitative estimate of drug-likeness (QED) is 0.612. The van der Waals surface area contributed by atoms with Crippen molar-refractivity contribution >= 4 is 11.6 Å². The summed E-state index contributed by atoms with van der Waals surface area (Å²) in [6.45, 7) is 1.68. The molecule has 2 aromatic carbocycles. The van der Waals surface area contributed by atoms with Gasteiger partial charge in [-0.15, -0.1) is 5.10 Å². The zero-order valence-electron chi connectivity index (χ0n) is 16.7. The van der Waals surface area contributed by atoms with Crippen molar-refractivity contribution in [3.63, 3.8) is 0 Å². The van der Waals surface area contributed by atoms with Crippen LogP contribution in [0.25, 0.3) is 0 Å². The third-order valence-electron chi connectivity index (χ3n) is 5.09. The van der Waals surface area contributed by atoms with Gasteiger partial charge in [0.25, 0.3) is 0 Å². The van der Waals surface area contributed by atoms with Gasteiger partial charge in [0, 0.05) is 22.4 Å². The zero-order valence-corrected chi connectivity index (χ0v) is 17.5. The number of H-pyrrole nitrogens is 1. The Kier molecular flexibility index (Phi) is 5.44. The number of para-hydroxylation sites is 1. The van der Waals surface area contributed by atoms with E-state index in [1.54, 1.807) is 24.3 Å². The molecular formula is C22H18ClFN4O3. The largest absolute Gasteiger partial charge is 0.493 e. The highest BCUT2D eigenvalue weighted by Crippen LogP contribution is 2.47. The summed E-state index contributed by atoms with van der Waals surface area (Å²) in [5.74, 6) is -0.112. The third-order valence-corrected chi connectivity index (χ3v) is 5.45. The molecule has 0 unspecified atom stereocenters. The second-order valence-electron chi connectivity index (χ2n) is 6.86. The van der Waals surface area contributed by atoms with E-state index in [-0.39, 0.29) is 34.5 Å². The molecule has 3 aromatic rings. The van der Waals surface area contributed by atoms with Crippen molar-refractivity contribution < 1.29 is 18.6 Å². The number of hydrogen-bond donors (Lipinski definition) is 2. The number of nitrogens with one attached hydrogen (secondary N) is 1. The van der Waals surface area contributed by atoms with Crippen molar-refractivity contribution in [1.82, 2.24) is 10.2 Å². The first-order valence-corrected chi connectivity index (χ1v) is 9.69. The number of fused-ring (bicyclic) bond motifs is 1. The Morgan fingerprint density at radius 2 is 2.10 bits per heavy atom. The molecule has 0 spiro atoms. The van der Waals surface area contributed by atoms with Gasteiger partial charge in [0.15, 0.2) is 11.5 Å². The highest BCUT2D eigenvalue weighted by Gasteiger charge is 2.36. The number of nitrogens with two attached hydrogens (primary N) is 1. The maximum atomic E-state index is 14.3. The van der Waals surface area contributed by atoms with Crippen LogP contribution in [0.15, 0.2) is 47.9 Å². The van der Waals surface area contributed by atoms with E-state index in [1.165, 1.54) is 19.2 Å². The minimum atomic E-state index is -0.617. The van der Waals surface area contributed by atoms with Crippen molar-refractivity contribution in [2.75, 3.05) is 7.11 Å². The average Bonchev–Trinajstić information content (AvgIpc) is 3.12. The molecule has 0 radical (unpaired) electrons. The molecule has 7 nitrogen and oxygen atoms in total. The molecule has 0 fully saturated rings. The fourth-order valence-corrected chi connectivity index (χ4v) is 3.82. The van der Waals surface area contributed by atoms with Crippen LogP contribution in [0, 0.1) is 24.1 Å². The number of halogens is 2. The Labute approximate surface area is 182 Å². The molecule has 1 atom stereocenters. The summed E-state index contributed by atoms with van der Waals surface area (Å²) in [5, 5.41) is 17.0. The van der Waals surface area contributed by atoms with Crippen LogP contribution in [0.2, 0.25) is 5.02 Å². The molecule has 4 rings (SSSR count). The molecule has 9 heteroatoms. The van der Waals surface area contributed by atoms with Crippen molar-refractivity contribution in [2.45, 2.75) is 19.4 Å². The molecule has 3 N–H and O–H groups in total. The Bertz CT molecular complexity index is 1210. The highest BCUT2D eigenvalue weighted by atomic mass is 35.5. The zero-order chi connectivity index (χ0) is 22.1. The van der Waals surface area contributed by atoms with E-state index < -0.39 is 11.7 Å². The predicted molar refractivity (Wildman–Crippen MR) is 111 cm³/mol. The van der Waals surface area contributed by atoms with Crippen LogP contribution < -0.4 is 19.9 Å². The van der Waals surface area contributed by atoms with Gasteiger partial charge in [-0.1, -0.05) is 29.8 Å². The predicted octanol–water partition coefficient (Wildman–Crippen LogP) is 4.32. The van der Waals surface area contributed by atoms with Crippen molar-refractivity contribution in [3.8, 4) is 23.4 Å². The molecule has 0 saturated carbocycles. The van der Waals surface area contributed by atoms with Gasteiger partial charge in [0.1, 0.15) is 24.1 Å². The molecular weight excluding hydrogens is 423 g/mol. The van der Waals surface area contributed by atoms with Gasteiger partial charge < -0.3 is 19.9 Å². The van der Waals surface area contributed by atoms with E-state index in [4.69, 9.17) is 31.5 Å². The molecule has 1 aliphatic rings. The van der Waals surface area contributed by atoms with Gasteiger partial charge in [0.05, 0.1) is 18.1 Å². The van der Waals surface area contributed by atoms with Crippen LogP contribution in [0.5, 0.6) is 17.4 Å². The van der Waals surface area contributed by atoms with E-state index in [0.29, 0.717) is 28.3 Å². The fourth-order valence-electron chi connectivity index (χ4n) is 3.60. The first-order valence-electron chi connectivity index (χ1n) is 9.31. The molecule has 2 heterocycles. The molecule has 31 heavy (non-hydrogen) atoms. The lowest BCUT2D eigenvalue weighted by molar-refractivity contribution is 0.276. The Balaban J connectivity index is 1.85. The summed E-state index contributed by atoms with van der Waals surface area (Å²) in [4.78, 5) is 0. The van der Waals surface area contributed by atoms with E-state index in [0.717, 1.165) is 0 Å². The van der Waals surface area contributed by atoms with Crippen LogP contribution in [-0.2, 0) is 6.61 Å². The van der Waals surface area contributed by atoms with Crippen LogP contribution in [0.3, 0.4) is 0 Å². The van der Waals surface area contributed by atoms with E-state index in [2.05, 4.69) is 16.3 Å². The molecule has 1 aliphatic heterocycles. The molecule has 0 bridgehead atoms. The first kappa shape index (κ1) is 20.6. The topological polar surface area (TPSA) is 106 Å². The van der Waals surface area contributed by atoms with Gasteiger partial charge in [-0.2, -0.15) is 5.26 Å². The fraction of sp³-hybridized carbons (Fsp3) is 0.182. The third kappa shape index (κ3) is 3.53. The lowest BCUT2D eigenvalue weighted by Crippen LogP contribution is -2.21. The number of aromatic amines is 1. The molecule has 158 valence electrons. The second kappa shape index (κ2) is 8.20.